The first-order chi connectivity index (χ1) is 7.08. The van der Waals surface area contributed by atoms with E-state index in [1.54, 1.807) is 19.2 Å². The Bertz CT molecular complexity index is 531. The van der Waals surface area contributed by atoms with E-state index in [1.165, 1.54) is 6.07 Å². The van der Waals surface area contributed by atoms with Crippen LogP contribution in [0.25, 0.3) is 10.9 Å². The van der Waals surface area contributed by atoms with Gasteiger partial charge in [-0.1, -0.05) is 0 Å². The zero-order chi connectivity index (χ0) is 11.0. The zero-order valence-electron chi connectivity index (χ0n) is 8.17. The van der Waals surface area contributed by atoms with Gasteiger partial charge in [-0.2, -0.15) is 0 Å². The maximum absolute atomic E-state index is 13.3. The smallest absolute Gasteiger partial charge is 0.307 e. The second-order valence-corrected chi connectivity index (χ2v) is 3.53. The quantitative estimate of drug-likeness (QED) is 0.793. The molecule has 1 aromatic heterocycles. The number of hydrogen-bond acceptors (Lipinski definition) is 1. The van der Waals surface area contributed by atoms with Gasteiger partial charge in [-0.05, 0) is 30.2 Å². The van der Waals surface area contributed by atoms with E-state index < -0.39 is 5.97 Å². The van der Waals surface area contributed by atoms with Gasteiger partial charge in [0.05, 0.1) is 6.42 Å². The molecule has 0 unspecified atom stereocenters. The van der Waals surface area contributed by atoms with E-state index in [4.69, 9.17) is 5.11 Å². The summed E-state index contributed by atoms with van der Waals surface area (Å²) in [5.41, 5.74) is 1.92. The molecule has 0 saturated carbocycles. The lowest BCUT2D eigenvalue weighted by Gasteiger charge is -1.98. The molecule has 15 heavy (non-hydrogen) atoms. The first-order valence-corrected chi connectivity index (χ1v) is 4.56. The van der Waals surface area contributed by atoms with Crippen LogP contribution in [-0.2, 0) is 11.2 Å². The van der Waals surface area contributed by atoms with Gasteiger partial charge >= 0.3 is 5.97 Å². The number of aromatic amines is 1. The largest absolute Gasteiger partial charge is 0.481 e. The molecule has 0 aliphatic carbocycles. The Labute approximate surface area is 85.5 Å². The normalized spacial score (nSPS) is 10.8. The molecule has 2 rings (SSSR count). The molecule has 1 heterocycles. The zero-order valence-corrected chi connectivity index (χ0v) is 8.17. The van der Waals surface area contributed by atoms with Crippen LogP contribution in [0.3, 0.4) is 0 Å². The average molecular weight is 207 g/mol. The molecule has 0 fully saturated rings. The van der Waals surface area contributed by atoms with Crippen molar-refractivity contribution in [2.45, 2.75) is 13.3 Å². The lowest BCUT2D eigenvalue weighted by Crippen LogP contribution is -1.98. The van der Waals surface area contributed by atoms with Gasteiger partial charge in [0, 0.05) is 17.1 Å². The number of benzene rings is 1. The summed E-state index contributed by atoms with van der Waals surface area (Å²) in [6, 6.07) is 3.05. The number of aliphatic carboxylic acids is 1. The van der Waals surface area contributed by atoms with E-state index in [2.05, 4.69) is 4.98 Å². The number of halogens is 1. The summed E-state index contributed by atoms with van der Waals surface area (Å²) in [5, 5.41) is 9.30. The Hall–Kier alpha value is -1.84. The van der Waals surface area contributed by atoms with E-state index >= 15 is 0 Å². The summed E-state index contributed by atoms with van der Waals surface area (Å²) in [6.07, 6.45) is 1.51. The van der Waals surface area contributed by atoms with Crippen LogP contribution in [0.5, 0.6) is 0 Å². The minimum atomic E-state index is -0.920. The molecule has 0 radical (unpaired) electrons. The van der Waals surface area contributed by atoms with Crippen molar-refractivity contribution in [3.63, 3.8) is 0 Å². The second-order valence-electron chi connectivity index (χ2n) is 3.53. The van der Waals surface area contributed by atoms with Crippen LogP contribution in [0, 0.1) is 12.7 Å². The summed E-state index contributed by atoms with van der Waals surface area (Å²) in [4.78, 5) is 13.5. The van der Waals surface area contributed by atoms with E-state index in [0.717, 1.165) is 5.52 Å². The van der Waals surface area contributed by atoms with Crippen molar-refractivity contribution in [3.8, 4) is 0 Å². The number of aromatic nitrogens is 1. The Balaban J connectivity index is 2.59. The number of hydrogen-bond donors (Lipinski definition) is 2. The molecule has 0 atom stereocenters. The average Bonchev–Trinajstić information content (AvgIpc) is 2.49. The van der Waals surface area contributed by atoms with Gasteiger partial charge < -0.3 is 10.1 Å². The summed E-state index contributed by atoms with van der Waals surface area (Å²) in [7, 11) is 0. The molecular weight excluding hydrogens is 197 g/mol. The van der Waals surface area contributed by atoms with E-state index in [0.29, 0.717) is 16.5 Å². The van der Waals surface area contributed by atoms with Gasteiger partial charge in [0.2, 0.25) is 0 Å². The molecule has 0 bridgehead atoms. The predicted octanol–water partition coefficient (Wildman–Crippen LogP) is 2.24. The standard InChI is InChI=1S/C11H10FNO2/c1-6-2-10-8(4-9(6)12)7(5-13-10)3-11(14)15/h2,4-5,13H,3H2,1H3,(H,14,15). The molecule has 0 aliphatic rings. The van der Waals surface area contributed by atoms with Crippen LogP contribution in [0.1, 0.15) is 11.1 Å². The maximum atomic E-state index is 13.3. The molecule has 78 valence electrons. The molecule has 0 spiro atoms. The molecule has 3 nitrogen and oxygen atoms in total. The molecule has 1 aromatic carbocycles. The van der Waals surface area contributed by atoms with Crippen LogP contribution in [-0.4, -0.2) is 16.1 Å². The fourth-order valence-electron chi connectivity index (χ4n) is 1.62. The van der Waals surface area contributed by atoms with Crippen molar-refractivity contribution in [2.24, 2.45) is 0 Å². The van der Waals surface area contributed by atoms with E-state index in [-0.39, 0.29) is 12.2 Å². The van der Waals surface area contributed by atoms with Crippen molar-refractivity contribution in [2.75, 3.05) is 0 Å². The Morgan fingerprint density at radius 3 is 2.93 bits per heavy atom. The molecular formula is C11H10FNO2. The summed E-state index contributed by atoms with van der Waals surface area (Å²) >= 11 is 0. The lowest BCUT2D eigenvalue weighted by molar-refractivity contribution is -0.136. The number of carbonyl (C=O) groups is 1. The van der Waals surface area contributed by atoms with Crippen molar-refractivity contribution in [1.82, 2.24) is 4.98 Å². The van der Waals surface area contributed by atoms with Gasteiger partial charge in [0.15, 0.2) is 0 Å². The lowest BCUT2D eigenvalue weighted by atomic mass is 10.1. The highest BCUT2D eigenvalue weighted by Crippen LogP contribution is 2.22. The number of aryl methyl sites for hydroxylation is 1. The molecule has 0 saturated heterocycles. The van der Waals surface area contributed by atoms with Crippen molar-refractivity contribution in [1.29, 1.82) is 0 Å². The summed E-state index contributed by atoms with van der Waals surface area (Å²) in [6.45, 7) is 1.67. The van der Waals surface area contributed by atoms with Crippen LogP contribution in [0.4, 0.5) is 4.39 Å². The fraction of sp³-hybridized carbons (Fsp3) is 0.182. The number of H-pyrrole nitrogens is 1. The van der Waals surface area contributed by atoms with Crippen LogP contribution >= 0.6 is 0 Å². The number of carboxylic acids is 1. The van der Waals surface area contributed by atoms with Gasteiger partial charge in [-0.15, -0.1) is 0 Å². The first kappa shape index (κ1) is 9.71. The highest BCUT2D eigenvalue weighted by molar-refractivity contribution is 5.87. The Morgan fingerprint density at radius 1 is 1.53 bits per heavy atom. The maximum Gasteiger partial charge on any atom is 0.307 e. The third kappa shape index (κ3) is 1.70. The molecule has 2 N–H and O–H groups in total. The monoisotopic (exact) mass is 207 g/mol. The molecule has 0 amide bonds. The van der Waals surface area contributed by atoms with Crippen molar-refractivity contribution >= 4 is 16.9 Å². The minimum Gasteiger partial charge on any atom is -0.481 e. The van der Waals surface area contributed by atoms with E-state index in [9.17, 15) is 9.18 Å². The topological polar surface area (TPSA) is 53.1 Å². The van der Waals surface area contributed by atoms with Gasteiger partial charge in [-0.25, -0.2) is 4.39 Å². The Kier molecular flexibility index (Phi) is 2.19. The summed E-state index contributed by atoms with van der Waals surface area (Å²) < 4.78 is 13.3. The first-order valence-electron chi connectivity index (χ1n) is 4.56. The van der Waals surface area contributed by atoms with Gasteiger partial charge in [0.25, 0.3) is 0 Å². The van der Waals surface area contributed by atoms with Gasteiger partial charge in [-0.3, -0.25) is 4.79 Å². The predicted molar refractivity (Wildman–Crippen MR) is 54.3 cm³/mol. The summed E-state index contributed by atoms with van der Waals surface area (Å²) in [5.74, 6) is -1.23. The number of carboxylic acid groups (broad SMARTS) is 1. The van der Waals surface area contributed by atoms with Gasteiger partial charge in [0.1, 0.15) is 5.82 Å². The highest BCUT2D eigenvalue weighted by Gasteiger charge is 2.09. The Morgan fingerprint density at radius 2 is 2.27 bits per heavy atom. The molecule has 4 heteroatoms. The minimum absolute atomic E-state index is 0.0947. The number of rotatable bonds is 2. The molecule has 2 aromatic rings. The SMILES string of the molecule is Cc1cc2[nH]cc(CC(=O)O)c2cc1F. The van der Waals surface area contributed by atoms with Crippen LogP contribution < -0.4 is 0 Å². The van der Waals surface area contributed by atoms with Crippen molar-refractivity contribution in [3.05, 3.63) is 35.3 Å². The van der Waals surface area contributed by atoms with Crippen LogP contribution in [0.2, 0.25) is 0 Å². The van der Waals surface area contributed by atoms with E-state index in [1.807, 2.05) is 0 Å². The second kappa shape index (κ2) is 3.38. The number of nitrogens with one attached hydrogen (secondary N) is 1. The van der Waals surface area contributed by atoms with Crippen molar-refractivity contribution < 1.29 is 14.3 Å². The van der Waals surface area contributed by atoms with Crippen LogP contribution in [0.15, 0.2) is 18.3 Å². The highest BCUT2D eigenvalue weighted by atomic mass is 19.1. The number of fused-ring (bicyclic) bond motifs is 1. The fourth-order valence-corrected chi connectivity index (χ4v) is 1.62. The third-order valence-electron chi connectivity index (χ3n) is 2.39. The third-order valence-corrected chi connectivity index (χ3v) is 2.39. The molecule has 0 aliphatic heterocycles.